The minimum absolute atomic E-state index is 0. The first-order chi connectivity index (χ1) is 6.79. The number of para-hydroxylation sites is 1. The van der Waals surface area contributed by atoms with E-state index in [1.54, 1.807) is 0 Å². The Morgan fingerprint density at radius 3 is 1.81 bits per heavy atom. The van der Waals surface area contributed by atoms with Crippen molar-refractivity contribution in [1.29, 1.82) is 0 Å². The maximum absolute atomic E-state index is 5.92. The number of aryl methyl sites for hydroxylation is 1. The molecule has 0 aliphatic carbocycles. The third kappa shape index (κ3) is 2.91. The van der Waals surface area contributed by atoms with E-state index in [0.717, 1.165) is 11.3 Å². The van der Waals surface area contributed by atoms with Gasteiger partial charge in [0.15, 0.2) is 0 Å². The highest BCUT2D eigenvalue weighted by molar-refractivity contribution is 5.85. The molecule has 86 valence electrons. The SMILES string of the molecule is Cc1ccccc1-c1ccccc1N.Cl.Cl. The van der Waals surface area contributed by atoms with Crippen LogP contribution >= 0.6 is 24.8 Å². The second kappa shape index (κ2) is 6.41. The van der Waals surface area contributed by atoms with Crippen LogP contribution in [0.4, 0.5) is 5.69 Å². The molecule has 0 radical (unpaired) electrons. The van der Waals surface area contributed by atoms with Crippen LogP contribution in [0, 0.1) is 6.92 Å². The van der Waals surface area contributed by atoms with Crippen LogP contribution in [-0.2, 0) is 0 Å². The summed E-state index contributed by atoms with van der Waals surface area (Å²) in [5.74, 6) is 0. The second-order valence-corrected chi connectivity index (χ2v) is 3.40. The fourth-order valence-corrected chi connectivity index (χ4v) is 1.62. The molecule has 0 aromatic heterocycles. The van der Waals surface area contributed by atoms with Gasteiger partial charge in [-0.2, -0.15) is 0 Å². The average molecular weight is 256 g/mol. The number of nitrogens with two attached hydrogens (primary N) is 1. The molecule has 2 aromatic rings. The lowest BCUT2D eigenvalue weighted by molar-refractivity contribution is 1.46. The third-order valence-corrected chi connectivity index (χ3v) is 2.40. The fraction of sp³-hybridized carbons (Fsp3) is 0.0769. The van der Waals surface area contributed by atoms with Crippen molar-refractivity contribution in [2.75, 3.05) is 5.73 Å². The van der Waals surface area contributed by atoms with Gasteiger partial charge in [0, 0.05) is 11.3 Å². The van der Waals surface area contributed by atoms with E-state index in [9.17, 15) is 0 Å². The molecule has 0 spiro atoms. The summed E-state index contributed by atoms with van der Waals surface area (Å²) < 4.78 is 0. The number of hydrogen-bond acceptors (Lipinski definition) is 1. The molecule has 0 atom stereocenters. The van der Waals surface area contributed by atoms with E-state index in [2.05, 4.69) is 25.1 Å². The first-order valence-corrected chi connectivity index (χ1v) is 4.69. The third-order valence-electron chi connectivity index (χ3n) is 2.40. The molecule has 0 amide bonds. The molecule has 0 unspecified atom stereocenters. The highest BCUT2D eigenvalue weighted by atomic mass is 35.5. The van der Waals surface area contributed by atoms with E-state index in [4.69, 9.17) is 5.73 Å². The summed E-state index contributed by atoms with van der Waals surface area (Å²) in [5.41, 5.74) is 10.3. The van der Waals surface area contributed by atoms with Gasteiger partial charge in [-0.3, -0.25) is 0 Å². The van der Waals surface area contributed by atoms with Gasteiger partial charge in [0.2, 0.25) is 0 Å². The first kappa shape index (κ1) is 14.8. The van der Waals surface area contributed by atoms with Crippen LogP contribution in [0.3, 0.4) is 0 Å². The topological polar surface area (TPSA) is 26.0 Å². The molecular weight excluding hydrogens is 241 g/mol. The minimum Gasteiger partial charge on any atom is -0.398 e. The molecule has 0 bridgehead atoms. The summed E-state index contributed by atoms with van der Waals surface area (Å²) in [4.78, 5) is 0. The highest BCUT2D eigenvalue weighted by Crippen LogP contribution is 2.27. The van der Waals surface area contributed by atoms with Gasteiger partial charge in [-0.1, -0.05) is 42.5 Å². The van der Waals surface area contributed by atoms with E-state index < -0.39 is 0 Å². The molecule has 1 nitrogen and oxygen atoms in total. The molecule has 2 rings (SSSR count). The van der Waals surface area contributed by atoms with Gasteiger partial charge in [0.25, 0.3) is 0 Å². The standard InChI is InChI=1S/C13H13N.2ClH/c1-10-6-2-3-7-11(10)12-8-4-5-9-13(12)14;;/h2-9H,14H2,1H3;2*1H. The number of nitrogen functional groups attached to an aromatic ring is 1. The summed E-state index contributed by atoms with van der Waals surface area (Å²) in [6.45, 7) is 2.10. The van der Waals surface area contributed by atoms with E-state index in [1.165, 1.54) is 11.1 Å². The van der Waals surface area contributed by atoms with Crippen molar-refractivity contribution in [3.63, 3.8) is 0 Å². The van der Waals surface area contributed by atoms with Gasteiger partial charge < -0.3 is 5.73 Å². The summed E-state index contributed by atoms with van der Waals surface area (Å²) in [6.07, 6.45) is 0. The predicted octanol–water partition coefficient (Wildman–Crippen LogP) is 4.09. The fourth-order valence-electron chi connectivity index (χ4n) is 1.62. The number of halogens is 2. The zero-order valence-electron chi connectivity index (χ0n) is 9.01. The largest absolute Gasteiger partial charge is 0.398 e. The van der Waals surface area contributed by atoms with Gasteiger partial charge in [-0.15, -0.1) is 24.8 Å². The molecule has 2 aromatic carbocycles. The normalized spacial score (nSPS) is 8.81. The Kier molecular flexibility index (Phi) is 5.94. The van der Waals surface area contributed by atoms with Crippen molar-refractivity contribution in [3.05, 3.63) is 54.1 Å². The monoisotopic (exact) mass is 255 g/mol. The Hall–Kier alpha value is -1.18. The van der Waals surface area contributed by atoms with Gasteiger partial charge in [0.05, 0.1) is 0 Å². The van der Waals surface area contributed by atoms with E-state index in [0.29, 0.717) is 0 Å². The van der Waals surface area contributed by atoms with Crippen LogP contribution in [0.25, 0.3) is 11.1 Å². The Labute approximate surface area is 108 Å². The average Bonchev–Trinajstić information content (AvgIpc) is 2.20. The Morgan fingerprint density at radius 1 is 0.750 bits per heavy atom. The molecule has 0 aliphatic rings. The molecule has 0 aliphatic heterocycles. The number of anilines is 1. The van der Waals surface area contributed by atoms with Crippen molar-refractivity contribution < 1.29 is 0 Å². The number of hydrogen-bond donors (Lipinski definition) is 1. The molecule has 0 fully saturated rings. The maximum Gasteiger partial charge on any atom is 0.0393 e. The lowest BCUT2D eigenvalue weighted by atomic mass is 9.99. The number of rotatable bonds is 1. The van der Waals surface area contributed by atoms with Crippen molar-refractivity contribution >= 4 is 30.5 Å². The molecule has 16 heavy (non-hydrogen) atoms. The minimum atomic E-state index is 0. The zero-order valence-corrected chi connectivity index (χ0v) is 10.6. The summed E-state index contributed by atoms with van der Waals surface area (Å²) >= 11 is 0. The van der Waals surface area contributed by atoms with Crippen LogP contribution in [0.5, 0.6) is 0 Å². The van der Waals surface area contributed by atoms with Crippen LogP contribution in [0.1, 0.15) is 5.56 Å². The predicted molar refractivity (Wildman–Crippen MR) is 75.5 cm³/mol. The van der Waals surface area contributed by atoms with Crippen molar-refractivity contribution in [1.82, 2.24) is 0 Å². The van der Waals surface area contributed by atoms with Crippen LogP contribution in [0.15, 0.2) is 48.5 Å². The summed E-state index contributed by atoms with van der Waals surface area (Å²) in [6, 6.07) is 16.2. The van der Waals surface area contributed by atoms with Gasteiger partial charge in [-0.25, -0.2) is 0 Å². The van der Waals surface area contributed by atoms with Gasteiger partial charge in [-0.05, 0) is 24.1 Å². The second-order valence-electron chi connectivity index (χ2n) is 3.40. The van der Waals surface area contributed by atoms with Crippen molar-refractivity contribution in [3.8, 4) is 11.1 Å². The van der Waals surface area contributed by atoms with E-state index in [-0.39, 0.29) is 24.8 Å². The zero-order chi connectivity index (χ0) is 9.97. The van der Waals surface area contributed by atoms with E-state index >= 15 is 0 Å². The molecule has 3 heteroatoms. The maximum atomic E-state index is 5.92. The number of benzene rings is 2. The summed E-state index contributed by atoms with van der Waals surface area (Å²) in [7, 11) is 0. The highest BCUT2D eigenvalue weighted by Gasteiger charge is 2.02. The first-order valence-electron chi connectivity index (χ1n) is 4.69. The van der Waals surface area contributed by atoms with Crippen LogP contribution < -0.4 is 5.73 Å². The van der Waals surface area contributed by atoms with Gasteiger partial charge in [0.1, 0.15) is 0 Å². The lowest BCUT2D eigenvalue weighted by Crippen LogP contribution is -1.90. The van der Waals surface area contributed by atoms with Crippen molar-refractivity contribution in [2.45, 2.75) is 6.92 Å². The summed E-state index contributed by atoms with van der Waals surface area (Å²) in [5, 5.41) is 0. The Morgan fingerprint density at radius 2 is 1.25 bits per heavy atom. The van der Waals surface area contributed by atoms with Crippen molar-refractivity contribution in [2.24, 2.45) is 0 Å². The Balaban J connectivity index is 0.00000112. The molecule has 0 heterocycles. The lowest BCUT2D eigenvalue weighted by Gasteiger charge is -2.07. The van der Waals surface area contributed by atoms with Crippen LogP contribution in [-0.4, -0.2) is 0 Å². The van der Waals surface area contributed by atoms with E-state index in [1.807, 2.05) is 30.3 Å². The molecule has 0 saturated carbocycles. The molecule has 2 N–H and O–H groups in total. The molecular formula is C13H15Cl2N. The smallest absolute Gasteiger partial charge is 0.0393 e. The Bertz CT molecular complexity index is 412. The van der Waals surface area contributed by atoms with Gasteiger partial charge >= 0.3 is 0 Å². The van der Waals surface area contributed by atoms with Crippen LogP contribution in [0.2, 0.25) is 0 Å². The molecule has 0 saturated heterocycles. The quantitative estimate of drug-likeness (QED) is 0.764.